The minimum atomic E-state index is -1.70. The molecule has 2 N–H and O–H groups in total. The van der Waals surface area contributed by atoms with E-state index < -0.39 is 38.8 Å². The summed E-state index contributed by atoms with van der Waals surface area (Å²) in [4.78, 5) is 32.5. The summed E-state index contributed by atoms with van der Waals surface area (Å²) >= 11 is 0. The number of non-ortho nitro benzene ring substituents is 1. The predicted octanol–water partition coefficient (Wildman–Crippen LogP) is 1.16. The Morgan fingerprint density at radius 1 is 1.27 bits per heavy atom. The first-order chi connectivity index (χ1) is 9.96. The van der Waals surface area contributed by atoms with Crippen molar-refractivity contribution in [3.63, 3.8) is 0 Å². The molecule has 1 atom stereocenters. The molecular weight excluding hydrogens is 298 g/mol. The van der Waals surface area contributed by atoms with Gasteiger partial charge < -0.3 is 15.1 Å². The van der Waals surface area contributed by atoms with Gasteiger partial charge in [-0.3, -0.25) is 20.2 Å². The number of nitro benzene ring substituents is 2. The van der Waals surface area contributed by atoms with Crippen molar-refractivity contribution in [3.8, 4) is 0 Å². The lowest BCUT2D eigenvalue weighted by Gasteiger charge is -2.34. The molecule has 0 aliphatic rings. The van der Waals surface area contributed by atoms with Gasteiger partial charge in [0.15, 0.2) is 6.04 Å². The molecule has 22 heavy (non-hydrogen) atoms. The zero-order chi connectivity index (χ0) is 17.2. The van der Waals surface area contributed by atoms with E-state index in [1.54, 1.807) is 0 Å². The van der Waals surface area contributed by atoms with Crippen molar-refractivity contribution >= 4 is 23.0 Å². The monoisotopic (exact) mass is 313 g/mol. The summed E-state index contributed by atoms with van der Waals surface area (Å²) in [5, 5.41) is 41.0. The average Bonchev–Trinajstić information content (AvgIpc) is 2.35. The molecule has 0 aliphatic carbocycles. The number of carbonyl (C=O) groups is 1. The molecule has 1 aromatic carbocycles. The first-order valence-corrected chi connectivity index (χ1v) is 6.07. The van der Waals surface area contributed by atoms with Gasteiger partial charge in [0.1, 0.15) is 5.69 Å². The molecular formula is C12H15N3O7. The number of carboxylic acids is 1. The number of likely N-dealkylation sites (N-methyl/N-ethyl adjacent to an activating group) is 1. The molecule has 10 nitrogen and oxygen atoms in total. The topological polar surface area (TPSA) is 147 Å². The normalized spacial score (nSPS) is 12.5. The van der Waals surface area contributed by atoms with E-state index in [1.165, 1.54) is 20.9 Å². The molecule has 0 radical (unpaired) electrons. The van der Waals surface area contributed by atoms with Gasteiger partial charge in [0.25, 0.3) is 11.4 Å². The summed E-state index contributed by atoms with van der Waals surface area (Å²) in [5.41, 5.74) is -2.95. The van der Waals surface area contributed by atoms with Crippen LogP contribution in [0.2, 0.25) is 0 Å². The fraction of sp³-hybridized carbons (Fsp3) is 0.417. The molecule has 0 fully saturated rings. The molecule has 0 saturated carbocycles. The van der Waals surface area contributed by atoms with Crippen LogP contribution in [0.1, 0.15) is 13.8 Å². The molecule has 0 aromatic heterocycles. The lowest BCUT2D eigenvalue weighted by atomic mass is 9.97. The number of hydrogen-bond acceptors (Lipinski definition) is 7. The average molecular weight is 313 g/mol. The maximum atomic E-state index is 11.3. The SMILES string of the molecule is CN(c1ccc([N+](=O)[O-])cc1[N+](=O)[O-])C(C(=O)O)C(C)(C)O. The van der Waals surface area contributed by atoms with Crippen LogP contribution >= 0.6 is 0 Å². The summed E-state index contributed by atoms with van der Waals surface area (Å²) < 4.78 is 0. The van der Waals surface area contributed by atoms with Gasteiger partial charge in [-0.2, -0.15) is 0 Å². The molecule has 0 bridgehead atoms. The Balaban J connectivity index is 3.44. The fourth-order valence-corrected chi connectivity index (χ4v) is 2.15. The largest absolute Gasteiger partial charge is 0.480 e. The minimum absolute atomic E-state index is 0.148. The second kappa shape index (κ2) is 5.93. The summed E-state index contributed by atoms with van der Waals surface area (Å²) in [5.74, 6) is -1.39. The number of rotatable bonds is 6. The third kappa shape index (κ3) is 3.47. The molecule has 1 rings (SSSR count). The van der Waals surface area contributed by atoms with Crippen molar-refractivity contribution in [2.75, 3.05) is 11.9 Å². The van der Waals surface area contributed by atoms with E-state index in [1.807, 2.05) is 0 Å². The molecule has 0 saturated heterocycles. The Hall–Kier alpha value is -2.75. The van der Waals surface area contributed by atoms with Crippen molar-refractivity contribution in [2.45, 2.75) is 25.5 Å². The van der Waals surface area contributed by atoms with Crippen LogP contribution in [0.5, 0.6) is 0 Å². The molecule has 0 amide bonds. The number of aliphatic carboxylic acids is 1. The predicted molar refractivity (Wildman–Crippen MR) is 75.9 cm³/mol. The molecule has 0 aliphatic heterocycles. The lowest BCUT2D eigenvalue weighted by molar-refractivity contribution is -0.393. The standard InChI is InChI=1S/C12H15N3O7/c1-12(2,18)10(11(16)17)13(3)8-5-4-7(14(19)20)6-9(8)15(21)22/h4-6,10,18H,1-3H3,(H,16,17). The van der Waals surface area contributed by atoms with E-state index in [0.717, 1.165) is 23.1 Å². The van der Waals surface area contributed by atoms with Gasteiger partial charge in [0.05, 0.1) is 21.5 Å². The number of nitro groups is 2. The second-order valence-corrected chi connectivity index (χ2v) is 5.19. The Kier molecular flexibility index (Phi) is 4.67. The number of anilines is 1. The van der Waals surface area contributed by atoms with Gasteiger partial charge in [0.2, 0.25) is 0 Å². The van der Waals surface area contributed by atoms with E-state index in [4.69, 9.17) is 0 Å². The minimum Gasteiger partial charge on any atom is -0.480 e. The van der Waals surface area contributed by atoms with Crippen LogP contribution in [0.4, 0.5) is 17.1 Å². The van der Waals surface area contributed by atoms with Gasteiger partial charge >= 0.3 is 5.97 Å². The highest BCUT2D eigenvalue weighted by molar-refractivity contribution is 5.81. The van der Waals surface area contributed by atoms with E-state index >= 15 is 0 Å². The highest BCUT2D eigenvalue weighted by atomic mass is 16.6. The molecule has 1 unspecified atom stereocenters. The van der Waals surface area contributed by atoms with Crippen molar-refractivity contribution in [1.82, 2.24) is 0 Å². The van der Waals surface area contributed by atoms with Crippen molar-refractivity contribution in [2.24, 2.45) is 0 Å². The van der Waals surface area contributed by atoms with Crippen LogP contribution in [-0.2, 0) is 4.79 Å². The van der Waals surface area contributed by atoms with Crippen molar-refractivity contribution < 1.29 is 24.9 Å². The second-order valence-electron chi connectivity index (χ2n) is 5.19. The summed E-state index contributed by atoms with van der Waals surface area (Å²) in [6, 6.07) is 1.38. The number of benzene rings is 1. The highest BCUT2D eigenvalue weighted by Crippen LogP contribution is 2.34. The van der Waals surface area contributed by atoms with Gasteiger partial charge in [-0.1, -0.05) is 0 Å². The first kappa shape index (κ1) is 17.3. The van der Waals surface area contributed by atoms with Gasteiger partial charge in [-0.05, 0) is 19.9 Å². The maximum absolute atomic E-state index is 11.3. The fourth-order valence-electron chi connectivity index (χ4n) is 2.15. The Morgan fingerprint density at radius 3 is 2.18 bits per heavy atom. The smallest absolute Gasteiger partial charge is 0.329 e. The van der Waals surface area contributed by atoms with Crippen molar-refractivity contribution in [1.29, 1.82) is 0 Å². The van der Waals surface area contributed by atoms with E-state index in [9.17, 15) is 35.2 Å². The third-order valence-corrected chi connectivity index (χ3v) is 3.04. The van der Waals surface area contributed by atoms with Crippen LogP contribution < -0.4 is 4.90 Å². The Bertz CT molecular complexity index is 624. The van der Waals surface area contributed by atoms with E-state index in [2.05, 4.69) is 0 Å². The van der Waals surface area contributed by atoms with Crippen LogP contribution in [0.3, 0.4) is 0 Å². The molecule has 10 heteroatoms. The van der Waals surface area contributed by atoms with Gasteiger partial charge in [-0.15, -0.1) is 0 Å². The van der Waals surface area contributed by atoms with Crippen LogP contribution in [-0.4, -0.2) is 44.7 Å². The lowest BCUT2D eigenvalue weighted by Crippen LogP contribution is -2.53. The number of nitrogens with zero attached hydrogens (tertiary/aromatic N) is 3. The van der Waals surface area contributed by atoms with Gasteiger partial charge in [-0.25, -0.2) is 4.79 Å². The molecule has 0 heterocycles. The zero-order valence-electron chi connectivity index (χ0n) is 12.1. The van der Waals surface area contributed by atoms with E-state index in [0.29, 0.717) is 0 Å². The first-order valence-electron chi connectivity index (χ1n) is 6.07. The maximum Gasteiger partial charge on any atom is 0.329 e. The van der Waals surface area contributed by atoms with Crippen LogP contribution in [0.25, 0.3) is 0 Å². The molecule has 1 aromatic rings. The Morgan fingerprint density at radius 2 is 1.82 bits per heavy atom. The molecule has 120 valence electrons. The third-order valence-electron chi connectivity index (χ3n) is 3.04. The highest BCUT2D eigenvalue weighted by Gasteiger charge is 2.39. The summed E-state index contributed by atoms with van der Waals surface area (Å²) in [6.45, 7) is 2.50. The summed E-state index contributed by atoms with van der Waals surface area (Å²) in [6.07, 6.45) is 0. The quantitative estimate of drug-likeness (QED) is 0.587. The zero-order valence-corrected chi connectivity index (χ0v) is 12.1. The number of hydrogen-bond donors (Lipinski definition) is 2. The van der Waals surface area contributed by atoms with Crippen molar-refractivity contribution in [3.05, 3.63) is 38.4 Å². The van der Waals surface area contributed by atoms with Crippen LogP contribution in [0.15, 0.2) is 18.2 Å². The summed E-state index contributed by atoms with van der Waals surface area (Å²) in [7, 11) is 1.25. The van der Waals surface area contributed by atoms with Crippen LogP contribution in [0, 0.1) is 20.2 Å². The van der Waals surface area contributed by atoms with E-state index in [-0.39, 0.29) is 5.69 Å². The molecule has 0 spiro atoms. The van der Waals surface area contributed by atoms with Gasteiger partial charge in [0, 0.05) is 13.1 Å². The Labute approximate surface area is 124 Å². The number of carboxylic acid groups (broad SMARTS) is 1. The number of aliphatic hydroxyl groups is 1.